The van der Waals surface area contributed by atoms with Crippen LogP contribution >= 0.6 is 0 Å². The Morgan fingerprint density at radius 1 is 0.655 bits per heavy atom. The molecule has 0 bridgehead atoms. The van der Waals surface area contributed by atoms with Crippen LogP contribution in [0.25, 0.3) is 0 Å². The summed E-state index contributed by atoms with van der Waals surface area (Å²) in [5, 5.41) is 0. The molecule has 2 aliphatic carbocycles. The van der Waals surface area contributed by atoms with Crippen LogP contribution < -0.4 is 9.47 Å². The minimum absolute atomic E-state index is 0.741. The molecular weight excluding hydrogens is 356 g/mol. The Balaban J connectivity index is 1.26. The smallest absolute Gasteiger partial charge is 0.119 e. The van der Waals surface area contributed by atoms with E-state index >= 15 is 0 Å². The Kier molecular flexibility index (Phi) is 9.70. The molecule has 2 saturated carbocycles. The fourth-order valence-electron chi connectivity index (χ4n) is 5.43. The third kappa shape index (κ3) is 7.87. The van der Waals surface area contributed by atoms with E-state index in [0.717, 1.165) is 48.4 Å². The zero-order chi connectivity index (χ0) is 20.3. The summed E-state index contributed by atoms with van der Waals surface area (Å²) in [6.45, 7) is 6.36. The van der Waals surface area contributed by atoms with Crippen LogP contribution in [-0.2, 0) is 0 Å². The highest BCUT2D eigenvalue weighted by atomic mass is 16.5. The third-order valence-corrected chi connectivity index (χ3v) is 7.54. The van der Waals surface area contributed by atoms with E-state index in [2.05, 4.69) is 38.1 Å². The van der Waals surface area contributed by atoms with E-state index < -0.39 is 0 Å². The lowest BCUT2D eigenvalue weighted by atomic mass is 9.78. The normalized spacial score (nSPS) is 27.5. The highest BCUT2D eigenvalue weighted by molar-refractivity contribution is 5.31. The monoisotopic (exact) mass is 400 g/mol. The van der Waals surface area contributed by atoms with Crippen LogP contribution in [0.1, 0.15) is 97.3 Å². The Morgan fingerprint density at radius 3 is 1.76 bits per heavy atom. The average molecular weight is 401 g/mol. The molecule has 0 N–H and O–H groups in total. The van der Waals surface area contributed by atoms with Gasteiger partial charge in [0.1, 0.15) is 11.5 Å². The van der Waals surface area contributed by atoms with Gasteiger partial charge in [0.2, 0.25) is 0 Å². The van der Waals surface area contributed by atoms with Gasteiger partial charge in [0.25, 0.3) is 0 Å². The zero-order valence-electron chi connectivity index (χ0n) is 19.0. The van der Waals surface area contributed by atoms with E-state index in [4.69, 9.17) is 9.47 Å². The van der Waals surface area contributed by atoms with Crippen molar-refractivity contribution in [2.45, 2.75) is 97.3 Å². The highest BCUT2D eigenvalue weighted by Crippen LogP contribution is 2.34. The van der Waals surface area contributed by atoms with Crippen molar-refractivity contribution < 1.29 is 9.47 Å². The SMILES string of the molecule is CCC[C@H]1CC[C@H](CCCOc2ccc(OC[C@H]3CC[C@H](CC)CC3)cc2)CC1. The van der Waals surface area contributed by atoms with Gasteiger partial charge >= 0.3 is 0 Å². The van der Waals surface area contributed by atoms with Gasteiger partial charge in [-0.25, -0.2) is 0 Å². The zero-order valence-corrected chi connectivity index (χ0v) is 19.0. The molecule has 2 aliphatic rings. The van der Waals surface area contributed by atoms with Crippen molar-refractivity contribution in [2.24, 2.45) is 23.7 Å². The van der Waals surface area contributed by atoms with E-state index in [9.17, 15) is 0 Å². The van der Waals surface area contributed by atoms with Gasteiger partial charge in [-0.2, -0.15) is 0 Å². The van der Waals surface area contributed by atoms with Crippen molar-refractivity contribution in [3.63, 3.8) is 0 Å². The van der Waals surface area contributed by atoms with Gasteiger partial charge < -0.3 is 9.47 Å². The van der Waals surface area contributed by atoms with E-state index in [1.165, 1.54) is 83.5 Å². The van der Waals surface area contributed by atoms with E-state index in [1.54, 1.807) is 0 Å². The molecule has 0 unspecified atom stereocenters. The summed E-state index contributed by atoms with van der Waals surface area (Å²) in [4.78, 5) is 0. The number of benzene rings is 1. The van der Waals surface area contributed by atoms with E-state index in [0.29, 0.717) is 0 Å². The number of ether oxygens (including phenoxy) is 2. The number of rotatable bonds is 11. The minimum atomic E-state index is 0.741. The summed E-state index contributed by atoms with van der Waals surface area (Å²) in [6, 6.07) is 8.28. The Labute approximate surface area is 179 Å². The maximum Gasteiger partial charge on any atom is 0.119 e. The highest BCUT2D eigenvalue weighted by Gasteiger charge is 2.21. The standard InChI is InChI=1S/C27H44O2/c1-3-6-23-10-12-24(13-11-23)7-5-20-28-26-16-18-27(19-17-26)29-21-25-14-8-22(4-2)9-15-25/h16-19,22-25H,3-15,20-21H2,1-2H3/t22-,23-,24-,25-. The molecule has 2 nitrogen and oxygen atoms in total. The van der Waals surface area contributed by atoms with Crippen molar-refractivity contribution >= 4 is 0 Å². The average Bonchev–Trinajstić information content (AvgIpc) is 2.78. The van der Waals surface area contributed by atoms with Crippen molar-refractivity contribution in [2.75, 3.05) is 13.2 Å². The van der Waals surface area contributed by atoms with Gasteiger partial charge in [-0.3, -0.25) is 0 Å². The van der Waals surface area contributed by atoms with Gasteiger partial charge in [-0.05, 0) is 73.6 Å². The first-order valence-corrected chi connectivity index (χ1v) is 12.6. The molecule has 0 atom stereocenters. The summed E-state index contributed by atoms with van der Waals surface area (Å²) >= 11 is 0. The van der Waals surface area contributed by atoms with Crippen molar-refractivity contribution in [1.29, 1.82) is 0 Å². The fraction of sp³-hybridized carbons (Fsp3) is 0.778. The number of hydrogen-bond acceptors (Lipinski definition) is 2. The molecule has 0 radical (unpaired) electrons. The lowest BCUT2D eigenvalue weighted by Gasteiger charge is -2.28. The molecule has 29 heavy (non-hydrogen) atoms. The summed E-state index contributed by atoms with van der Waals surface area (Å²) in [7, 11) is 0. The first kappa shape index (κ1) is 22.5. The molecule has 3 rings (SSSR count). The second kappa shape index (κ2) is 12.5. The molecule has 164 valence electrons. The largest absolute Gasteiger partial charge is 0.494 e. The van der Waals surface area contributed by atoms with Gasteiger partial charge in [-0.15, -0.1) is 0 Å². The van der Waals surface area contributed by atoms with E-state index in [1.807, 2.05) is 0 Å². The molecule has 1 aromatic rings. The third-order valence-electron chi connectivity index (χ3n) is 7.54. The summed E-state index contributed by atoms with van der Waals surface area (Å²) in [5.74, 6) is 5.62. The van der Waals surface area contributed by atoms with Crippen LogP contribution in [-0.4, -0.2) is 13.2 Å². The van der Waals surface area contributed by atoms with Crippen LogP contribution in [0.5, 0.6) is 11.5 Å². The first-order valence-electron chi connectivity index (χ1n) is 12.6. The molecule has 0 spiro atoms. The first-order chi connectivity index (χ1) is 14.3. The lowest BCUT2D eigenvalue weighted by molar-refractivity contribution is 0.181. The molecule has 0 heterocycles. The van der Waals surface area contributed by atoms with Gasteiger partial charge in [-0.1, -0.05) is 71.6 Å². The summed E-state index contributed by atoms with van der Waals surface area (Å²) < 4.78 is 12.0. The summed E-state index contributed by atoms with van der Waals surface area (Å²) in [6.07, 6.45) is 17.9. The van der Waals surface area contributed by atoms with Crippen LogP contribution in [0.4, 0.5) is 0 Å². The lowest BCUT2D eigenvalue weighted by Crippen LogP contribution is -2.19. The quantitative estimate of drug-likeness (QED) is 0.350. The molecule has 2 fully saturated rings. The molecule has 0 saturated heterocycles. The van der Waals surface area contributed by atoms with Crippen LogP contribution in [0.2, 0.25) is 0 Å². The van der Waals surface area contributed by atoms with Crippen molar-refractivity contribution in [3.8, 4) is 11.5 Å². The predicted octanol–water partition coefficient (Wildman–Crippen LogP) is 8.05. The Hall–Kier alpha value is -1.18. The number of hydrogen-bond donors (Lipinski definition) is 0. The molecular formula is C27H44O2. The maximum absolute atomic E-state index is 6.04. The van der Waals surface area contributed by atoms with Crippen molar-refractivity contribution in [1.82, 2.24) is 0 Å². The second-order valence-corrected chi connectivity index (χ2v) is 9.74. The summed E-state index contributed by atoms with van der Waals surface area (Å²) in [5.41, 5.74) is 0. The fourth-order valence-corrected chi connectivity index (χ4v) is 5.43. The van der Waals surface area contributed by atoms with Crippen LogP contribution in [0.3, 0.4) is 0 Å². The van der Waals surface area contributed by atoms with Gasteiger partial charge in [0.05, 0.1) is 13.2 Å². The molecule has 0 aromatic heterocycles. The van der Waals surface area contributed by atoms with E-state index in [-0.39, 0.29) is 0 Å². The predicted molar refractivity (Wildman–Crippen MR) is 123 cm³/mol. The van der Waals surface area contributed by atoms with Crippen LogP contribution in [0.15, 0.2) is 24.3 Å². The van der Waals surface area contributed by atoms with Gasteiger partial charge in [0, 0.05) is 0 Å². The minimum Gasteiger partial charge on any atom is -0.494 e. The topological polar surface area (TPSA) is 18.5 Å². The maximum atomic E-state index is 6.04. The van der Waals surface area contributed by atoms with Gasteiger partial charge in [0.15, 0.2) is 0 Å². The molecule has 2 heteroatoms. The Bertz CT molecular complexity index is 536. The molecule has 0 amide bonds. The van der Waals surface area contributed by atoms with Crippen LogP contribution in [0, 0.1) is 23.7 Å². The molecule has 0 aliphatic heterocycles. The molecule has 1 aromatic carbocycles. The second-order valence-electron chi connectivity index (χ2n) is 9.74. The van der Waals surface area contributed by atoms with Crippen molar-refractivity contribution in [3.05, 3.63) is 24.3 Å². The Morgan fingerprint density at radius 2 is 1.17 bits per heavy atom.